The van der Waals surface area contributed by atoms with E-state index in [-0.39, 0.29) is 24.0 Å². The summed E-state index contributed by atoms with van der Waals surface area (Å²) in [5.74, 6) is 0.907. The summed E-state index contributed by atoms with van der Waals surface area (Å²) in [4.78, 5) is 5.61. The summed E-state index contributed by atoms with van der Waals surface area (Å²) in [7, 11) is 1.81. The van der Waals surface area contributed by atoms with Crippen LogP contribution in [-0.4, -0.2) is 26.1 Å². The van der Waals surface area contributed by atoms with Crippen molar-refractivity contribution in [3.63, 3.8) is 0 Å². The van der Waals surface area contributed by atoms with Crippen molar-refractivity contribution in [3.8, 4) is 0 Å². The number of thiophene rings is 1. The molecule has 0 saturated heterocycles. The first kappa shape index (κ1) is 18.4. The molecule has 0 radical (unpaired) electrons. The van der Waals surface area contributed by atoms with Gasteiger partial charge in [-0.15, -0.1) is 35.3 Å². The molecule has 18 heavy (non-hydrogen) atoms. The molecule has 1 rings (SSSR count). The highest BCUT2D eigenvalue weighted by atomic mass is 127. The van der Waals surface area contributed by atoms with E-state index in [1.165, 1.54) is 20.6 Å². The second-order valence-corrected chi connectivity index (χ2v) is 6.80. The Bertz CT molecular complexity index is 353. The molecule has 3 nitrogen and oxygen atoms in total. The number of guanidine groups is 1. The largest absolute Gasteiger partial charge is 0.356 e. The van der Waals surface area contributed by atoms with E-state index >= 15 is 0 Å². The average Bonchev–Trinajstić information content (AvgIpc) is 2.73. The maximum absolute atomic E-state index is 4.19. The summed E-state index contributed by atoms with van der Waals surface area (Å²) in [5, 5.41) is 6.63. The molecule has 0 bridgehead atoms. The van der Waals surface area contributed by atoms with Crippen LogP contribution in [0.15, 0.2) is 17.1 Å². The maximum atomic E-state index is 4.19. The zero-order valence-electron chi connectivity index (χ0n) is 10.8. The second-order valence-electron chi connectivity index (χ2n) is 3.74. The summed E-state index contributed by atoms with van der Waals surface area (Å²) < 4.78 is 1.35. The van der Waals surface area contributed by atoms with Crippen molar-refractivity contribution in [2.45, 2.75) is 26.2 Å². The van der Waals surface area contributed by atoms with Gasteiger partial charge in [0.25, 0.3) is 0 Å². The molecule has 1 aromatic rings. The maximum Gasteiger partial charge on any atom is 0.190 e. The van der Waals surface area contributed by atoms with Crippen molar-refractivity contribution in [3.05, 3.63) is 19.9 Å². The molecule has 0 aliphatic heterocycles. The zero-order chi connectivity index (χ0) is 12.5. The van der Waals surface area contributed by atoms with Gasteiger partial charge in [0, 0.05) is 25.0 Å². The Kier molecular flexibility index (Phi) is 11.5. The van der Waals surface area contributed by atoms with Gasteiger partial charge < -0.3 is 10.6 Å². The molecule has 0 fully saturated rings. The molecule has 104 valence electrons. The van der Waals surface area contributed by atoms with Crippen LogP contribution in [-0.2, 0) is 6.42 Å². The van der Waals surface area contributed by atoms with Gasteiger partial charge in [-0.1, -0.05) is 13.3 Å². The summed E-state index contributed by atoms with van der Waals surface area (Å²) >= 11 is 4.21. The number of hydrogen-bond donors (Lipinski definition) is 2. The standard InChI is InChI=1S/C12H20IN3S.HI/c1-3-4-8-15-12(14-2)16-9-7-10-5-6-11(13)17-10;/h5-6H,3-4,7-9H2,1-2H3,(H2,14,15,16);1H. The third-order valence-electron chi connectivity index (χ3n) is 2.34. The van der Waals surface area contributed by atoms with Crippen LogP contribution in [0.5, 0.6) is 0 Å². The molecule has 0 atom stereocenters. The van der Waals surface area contributed by atoms with Crippen molar-refractivity contribution >= 4 is 63.9 Å². The van der Waals surface area contributed by atoms with Crippen LogP contribution < -0.4 is 10.6 Å². The summed E-state index contributed by atoms with van der Waals surface area (Å²) in [5.41, 5.74) is 0. The first-order chi connectivity index (χ1) is 8.26. The van der Waals surface area contributed by atoms with Crippen molar-refractivity contribution in [1.29, 1.82) is 0 Å². The minimum absolute atomic E-state index is 0. The number of hydrogen-bond acceptors (Lipinski definition) is 2. The summed E-state index contributed by atoms with van der Waals surface area (Å²) in [6.07, 6.45) is 3.45. The van der Waals surface area contributed by atoms with Crippen LogP contribution in [0.2, 0.25) is 0 Å². The van der Waals surface area contributed by atoms with E-state index in [0.29, 0.717) is 0 Å². The average molecular weight is 493 g/mol. The lowest BCUT2D eigenvalue weighted by Gasteiger charge is -2.10. The topological polar surface area (TPSA) is 36.4 Å². The van der Waals surface area contributed by atoms with Gasteiger partial charge in [-0.2, -0.15) is 0 Å². The monoisotopic (exact) mass is 493 g/mol. The van der Waals surface area contributed by atoms with Gasteiger partial charge in [-0.3, -0.25) is 4.99 Å². The molecular formula is C12H21I2N3S. The molecular weight excluding hydrogens is 472 g/mol. The van der Waals surface area contributed by atoms with E-state index in [9.17, 15) is 0 Å². The molecule has 0 aliphatic rings. The second kappa shape index (κ2) is 11.3. The lowest BCUT2D eigenvalue weighted by atomic mass is 10.3. The lowest BCUT2D eigenvalue weighted by Crippen LogP contribution is -2.38. The fourth-order valence-corrected chi connectivity index (χ4v) is 3.15. The third kappa shape index (κ3) is 7.78. The highest BCUT2D eigenvalue weighted by Gasteiger charge is 1.99. The summed E-state index contributed by atoms with van der Waals surface area (Å²) in [6, 6.07) is 4.36. The van der Waals surface area contributed by atoms with Crippen molar-refractivity contribution in [1.82, 2.24) is 10.6 Å². The molecule has 0 amide bonds. The fraction of sp³-hybridized carbons (Fsp3) is 0.583. The third-order valence-corrected chi connectivity index (χ3v) is 4.29. The number of nitrogens with one attached hydrogen (secondary N) is 2. The number of rotatable bonds is 6. The van der Waals surface area contributed by atoms with E-state index in [4.69, 9.17) is 0 Å². The van der Waals surface area contributed by atoms with Gasteiger partial charge in [0.15, 0.2) is 5.96 Å². The van der Waals surface area contributed by atoms with Gasteiger partial charge >= 0.3 is 0 Å². The van der Waals surface area contributed by atoms with Crippen LogP contribution >= 0.6 is 57.9 Å². The summed E-state index contributed by atoms with van der Waals surface area (Å²) in [6.45, 7) is 4.12. The Morgan fingerprint density at radius 2 is 2.06 bits per heavy atom. The van der Waals surface area contributed by atoms with Crippen LogP contribution in [0.25, 0.3) is 0 Å². The minimum Gasteiger partial charge on any atom is -0.356 e. The van der Waals surface area contributed by atoms with Crippen molar-refractivity contribution < 1.29 is 0 Å². The normalized spacial score (nSPS) is 10.9. The van der Waals surface area contributed by atoms with E-state index < -0.39 is 0 Å². The molecule has 0 unspecified atom stereocenters. The van der Waals surface area contributed by atoms with E-state index in [2.05, 4.69) is 57.3 Å². The molecule has 1 aromatic heterocycles. The molecule has 0 aliphatic carbocycles. The van der Waals surface area contributed by atoms with Gasteiger partial charge in [0.1, 0.15) is 0 Å². The zero-order valence-corrected chi connectivity index (χ0v) is 16.1. The minimum atomic E-state index is 0. The van der Waals surface area contributed by atoms with E-state index in [1.807, 2.05) is 18.4 Å². The number of unbranched alkanes of at least 4 members (excludes halogenated alkanes) is 1. The van der Waals surface area contributed by atoms with Crippen molar-refractivity contribution in [2.24, 2.45) is 4.99 Å². The first-order valence-corrected chi connectivity index (χ1v) is 7.84. The predicted molar refractivity (Wildman–Crippen MR) is 100 cm³/mol. The van der Waals surface area contributed by atoms with E-state index in [0.717, 1.165) is 25.5 Å². The Morgan fingerprint density at radius 3 is 2.61 bits per heavy atom. The Labute approximate surface area is 144 Å². The Morgan fingerprint density at radius 1 is 1.33 bits per heavy atom. The molecule has 0 aromatic carbocycles. The van der Waals surface area contributed by atoms with Gasteiger partial charge in [-0.25, -0.2) is 0 Å². The smallest absolute Gasteiger partial charge is 0.190 e. The fourth-order valence-electron chi connectivity index (χ4n) is 1.39. The van der Waals surface area contributed by atoms with E-state index in [1.54, 1.807) is 0 Å². The number of nitrogens with zero attached hydrogens (tertiary/aromatic N) is 1. The molecule has 6 heteroatoms. The quantitative estimate of drug-likeness (QED) is 0.276. The molecule has 0 saturated carbocycles. The predicted octanol–water partition coefficient (Wildman–Crippen LogP) is 3.48. The van der Waals surface area contributed by atoms with Crippen molar-refractivity contribution in [2.75, 3.05) is 20.1 Å². The first-order valence-electron chi connectivity index (χ1n) is 5.95. The lowest BCUT2D eigenvalue weighted by molar-refractivity contribution is 0.727. The van der Waals surface area contributed by atoms with Crippen LogP contribution in [0.3, 0.4) is 0 Å². The highest BCUT2D eigenvalue weighted by molar-refractivity contribution is 14.1. The molecule has 0 spiro atoms. The Hall–Kier alpha value is 0.430. The van der Waals surface area contributed by atoms with Crippen LogP contribution in [0, 0.1) is 2.88 Å². The van der Waals surface area contributed by atoms with Gasteiger partial charge in [0.2, 0.25) is 0 Å². The van der Waals surface area contributed by atoms with Gasteiger partial charge in [-0.05, 0) is 47.6 Å². The number of aliphatic imine (C=N–C) groups is 1. The van der Waals surface area contributed by atoms with Crippen LogP contribution in [0.1, 0.15) is 24.6 Å². The highest BCUT2D eigenvalue weighted by Crippen LogP contribution is 2.18. The SMILES string of the molecule is CCCCNC(=NC)NCCc1ccc(I)s1.I. The van der Waals surface area contributed by atoms with Crippen LogP contribution in [0.4, 0.5) is 0 Å². The Balaban J connectivity index is 0.00000289. The van der Waals surface area contributed by atoms with Gasteiger partial charge in [0.05, 0.1) is 2.88 Å². The molecule has 1 heterocycles. The number of halogens is 2. The molecule has 2 N–H and O–H groups in total.